The summed E-state index contributed by atoms with van der Waals surface area (Å²) in [6, 6.07) is 6.77. The third kappa shape index (κ3) is 2.94. The number of carbonyl (C=O) groups excluding carboxylic acids is 2. The van der Waals surface area contributed by atoms with Crippen LogP contribution in [0.2, 0.25) is 0 Å². The van der Waals surface area contributed by atoms with Crippen molar-refractivity contribution in [2.45, 2.75) is 18.9 Å². The van der Waals surface area contributed by atoms with Crippen molar-refractivity contribution in [2.24, 2.45) is 5.73 Å². The Hall–Kier alpha value is -1.72. The molecule has 1 aliphatic heterocycles. The van der Waals surface area contributed by atoms with Gasteiger partial charge in [0.25, 0.3) is 0 Å². The molecule has 1 fully saturated rings. The van der Waals surface area contributed by atoms with Crippen LogP contribution in [0.5, 0.6) is 0 Å². The Bertz CT molecular complexity index is 464. The fourth-order valence-corrected chi connectivity index (χ4v) is 1.78. The summed E-state index contributed by atoms with van der Waals surface area (Å²) in [6.07, 6.45) is 0.238. The first-order chi connectivity index (χ1) is 8.48. The summed E-state index contributed by atoms with van der Waals surface area (Å²) < 4.78 is 4.99. The van der Waals surface area contributed by atoms with Gasteiger partial charge >= 0.3 is 0 Å². The van der Waals surface area contributed by atoms with Crippen LogP contribution >= 0.6 is 0 Å². The molecule has 0 radical (unpaired) electrons. The lowest BCUT2D eigenvalue weighted by atomic mass is 9.94. The first kappa shape index (κ1) is 12.7. The van der Waals surface area contributed by atoms with Crippen molar-refractivity contribution in [3.8, 4) is 0 Å². The highest BCUT2D eigenvalue weighted by molar-refractivity contribution is 5.95. The number of benzene rings is 1. The van der Waals surface area contributed by atoms with Crippen LogP contribution < -0.4 is 11.1 Å². The lowest BCUT2D eigenvalue weighted by molar-refractivity contribution is -0.123. The monoisotopic (exact) mass is 248 g/mol. The van der Waals surface area contributed by atoms with Crippen molar-refractivity contribution < 1.29 is 14.3 Å². The number of Topliss-reactive ketones (excluding diaryl/α,β-unsaturated/α-hetero) is 1. The van der Waals surface area contributed by atoms with Gasteiger partial charge in [0, 0.05) is 17.7 Å². The number of hydrogen-bond donors (Lipinski definition) is 2. The fourth-order valence-electron chi connectivity index (χ4n) is 1.78. The van der Waals surface area contributed by atoms with Crippen LogP contribution in [0.15, 0.2) is 24.3 Å². The molecule has 0 saturated carbocycles. The molecule has 2 rings (SSSR count). The minimum Gasteiger partial charge on any atom is -0.377 e. The lowest BCUT2D eigenvalue weighted by Gasteiger charge is -2.37. The van der Waals surface area contributed by atoms with Crippen LogP contribution in [0.4, 0.5) is 5.69 Å². The first-order valence-corrected chi connectivity index (χ1v) is 5.76. The van der Waals surface area contributed by atoms with Crippen molar-refractivity contribution in [1.82, 2.24) is 0 Å². The maximum atomic E-state index is 11.7. The number of ether oxygens (including phenoxy) is 1. The van der Waals surface area contributed by atoms with E-state index in [1.165, 1.54) is 6.92 Å². The molecule has 0 aromatic heterocycles. The van der Waals surface area contributed by atoms with Crippen molar-refractivity contribution in [3.63, 3.8) is 0 Å². The molecular formula is C13H16N2O3. The van der Waals surface area contributed by atoms with Crippen LogP contribution in [0.1, 0.15) is 23.7 Å². The van der Waals surface area contributed by atoms with E-state index in [2.05, 4.69) is 5.32 Å². The molecule has 3 N–H and O–H groups in total. The van der Waals surface area contributed by atoms with Crippen molar-refractivity contribution in [3.05, 3.63) is 29.8 Å². The van der Waals surface area contributed by atoms with Gasteiger partial charge in [-0.15, -0.1) is 0 Å². The summed E-state index contributed by atoms with van der Waals surface area (Å²) in [4.78, 5) is 22.8. The Kier molecular flexibility index (Phi) is 3.45. The largest absolute Gasteiger partial charge is 0.377 e. The van der Waals surface area contributed by atoms with Gasteiger partial charge in [0.2, 0.25) is 5.91 Å². The van der Waals surface area contributed by atoms with Crippen molar-refractivity contribution in [2.75, 3.05) is 18.5 Å². The average molecular weight is 248 g/mol. The van der Waals surface area contributed by atoms with E-state index in [1.54, 1.807) is 24.3 Å². The van der Waals surface area contributed by atoms with Crippen LogP contribution in [0.3, 0.4) is 0 Å². The van der Waals surface area contributed by atoms with E-state index in [4.69, 9.17) is 10.5 Å². The lowest BCUT2D eigenvalue weighted by Crippen LogP contribution is -2.58. The predicted molar refractivity (Wildman–Crippen MR) is 67.4 cm³/mol. The molecule has 1 aliphatic rings. The normalized spacial score (nSPS) is 16.8. The van der Waals surface area contributed by atoms with Gasteiger partial charge in [-0.05, 0) is 31.2 Å². The SMILES string of the molecule is CC(=O)c1ccc(NC(=O)CC2(N)COC2)cc1. The molecule has 5 nitrogen and oxygen atoms in total. The maximum absolute atomic E-state index is 11.7. The molecule has 0 aliphatic carbocycles. The van der Waals surface area contributed by atoms with Crippen LogP contribution in [-0.4, -0.2) is 30.4 Å². The van der Waals surface area contributed by atoms with E-state index in [0.29, 0.717) is 24.5 Å². The van der Waals surface area contributed by atoms with E-state index in [9.17, 15) is 9.59 Å². The van der Waals surface area contributed by atoms with Gasteiger partial charge < -0.3 is 15.8 Å². The summed E-state index contributed by atoms with van der Waals surface area (Å²) >= 11 is 0. The van der Waals surface area contributed by atoms with Gasteiger partial charge in [0.15, 0.2) is 5.78 Å². The fraction of sp³-hybridized carbons (Fsp3) is 0.385. The number of anilines is 1. The highest BCUT2D eigenvalue weighted by atomic mass is 16.5. The number of amides is 1. The molecule has 96 valence electrons. The minimum absolute atomic E-state index is 0.000374. The summed E-state index contributed by atoms with van der Waals surface area (Å²) in [7, 11) is 0. The van der Waals surface area contributed by atoms with Crippen LogP contribution in [0.25, 0.3) is 0 Å². The number of ketones is 1. The molecule has 1 saturated heterocycles. The summed E-state index contributed by atoms with van der Waals surface area (Å²) in [5, 5.41) is 2.75. The zero-order valence-electron chi connectivity index (χ0n) is 10.2. The smallest absolute Gasteiger partial charge is 0.226 e. The van der Waals surface area contributed by atoms with E-state index < -0.39 is 5.54 Å². The van der Waals surface area contributed by atoms with Crippen LogP contribution in [0, 0.1) is 0 Å². The quantitative estimate of drug-likeness (QED) is 0.777. The average Bonchev–Trinajstić information content (AvgIpc) is 2.27. The second kappa shape index (κ2) is 4.88. The second-order valence-corrected chi connectivity index (χ2v) is 4.71. The van der Waals surface area contributed by atoms with Gasteiger partial charge in [-0.25, -0.2) is 0 Å². The predicted octanol–water partition coefficient (Wildman–Crippen LogP) is 0.946. The Morgan fingerprint density at radius 3 is 2.39 bits per heavy atom. The first-order valence-electron chi connectivity index (χ1n) is 5.76. The number of carbonyl (C=O) groups is 2. The summed E-state index contributed by atoms with van der Waals surface area (Å²) in [5.74, 6) is -0.142. The number of hydrogen-bond acceptors (Lipinski definition) is 4. The topological polar surface area (TPSA) is 81.4 Å². The maximum Gasteiger partial charge on any atom is 0.226 e. The van der Waals surface area contributed by atoms with Gasteiger partial charge in [-0.2, -0.15) is 0 Å². The molecule has 0 unspecified atom stereocenters. The van der Waals surface area contributed by atoms with Crippen molar-refractivity contribution in [1.29, 1.82) is 0 Å². The van der Waals surface area contributed by atoms with Crippen molar-refractivity contribution >= 4 is 17.4 Å². The van der Waals surface area contributed by atoms with E-state index in [0.717, 1.165) is 0 Å². The van der Waals surface area contributed by atoms with Gasteiger partial charge in [-0.3, -0.25) is 9.59 Å². The van der Waals surface area contributed by atoms with Gasteiger partial charge in [0.1, 0.15) is 0 Å². The third-order valence-electron chi connectivity index (χ3n) is 2.87. The molecule has 1 heterocycles. The summed E-state index contributed by atoms with van der Waals surface area (Å²) in [6.45, 7) is 2.34. The standard InChI is InChI=1S/C13H16N2O3/c1-9(16)10-2-4-11(5-3-10)15-12(17)6-13(14)7-18-8-13/h2-5H,6-8,14H2,1H3,(H,15,17). The Morgan fingerprint density at radius 1 is 1.33 bits per heavy atom. The highest BCUT2D eigenvalue weighted by Crippen LogP contribution is 2.19. The van der Waals surface area contributed by atoms with Crippen LogP contribution in [-0.2, 0) is 9.53 Å². The second-order valence-electron chi connectivity index (χ2n) is 4.71. The van der Waals surface area contributed by atoms with Gasteiger partial charge in [-0.1, -0.05) is 0 Å². The molecule has 0 bridgehead atoms. The molecular weight excluding hydrogens is 232 g/mol. The molecule has 0 spiro atoms. The van der Waals surface area contributed by atoms with E-state index in [-0.39, 0.29) is 18.1 Å². The number of nitrogens with two attached hydrogens (primary N) is 1. The van der Waals surface area contributed by atoms with Gasteiger partial charge in [0.05, 0.1) is 18.8 Å². The number of rotatable bonds is 4. The highest BCUT2D eigenvalue weighted by Gasteiger charge is 2.36. The van der Waals surface area contributed by atoms with E-state index in [1.807, 2.05) is 0 Å². The molecule has 1 aromatic carbocycles. The summed E-state index contributed by atoms with van der Waals surface area (Å²) in [5.41, 5.74) is 6.65. The molecule has 5 heteroatoms. The Balaban J connectivity index is 1.92. The number of nitrogens with one attached hydrogen (secondary N) is 1. The molecule has 0 atom stereocenters. The molecule has 1 aromatic rings. The zero-order chi connectivity index (χ0) is 13.2. The Labute approximate surface area is 105 Å². The Morgan fingerprint density at radius 2 is 1.94 bits per heavy atom. The van der Waals surface area contributed by atoms with E-state index >= 15 is 0 Å². The zero-order valence-corrected chi connectivity index (χ0v) is 10.2. The molecule has 1 amide bonds. The molecule has 18 heavy (non-hydrogen) atoms. The minimum atomic E-state index is -0.524. The third-order valence-corrected chi connectivity index (χ3v) is 2.87.